The summed E-state index contributed by atoms with van der Waals surface area (Å²) in [4.78, 5) is 36.7. The second-order valence-electron chi connectivity index (χ2n) is 14.3. The van der Waals surface area contributed by atoms with Gasteiger partial charge in [-0.15, -0.1) is 0 Å². The Bertz CT molecular complexity index is 1910. The molecule has 0 aromatic carbocycles. The van der Waals surface area contributed by atoms with Crippen molar-refractivity contribution in [3.05, 3.63) is 122 Å². The number of hydrogen-bond acceptors (Lipinski definition) is 9. The average Bonchev–Trinajstić information content (AvgIpc) is 3.24. The molecule has 3 atom stereocenters. The van der Waals surface area contributed by atoms with Crippen molar-refractivity contribution < 1.29 is 0 Å². The molecule has 0 fully saturated rings. The molecule has 0 amide bonds. The maximum Gasteiger partial charge on any atom is 0.134 e. The number of hydrogen-bond donors (Lipinski definition) is 0. The Morgan fingerprint density at radius 3 is 0.907 bits per heavy atom. The molecule has 0 bridgehead atoms. The van der Waals surface area contributed by atoms with E-state index in [2.05, 4.69) is 115 Å². The molecule has 0 aliphatic carbocycles. The maximum absolute atomic E-state index is 5.23. The first-order valence-corrected chi connectivity index (χ1v) is 19.4. The minimum Gasteiger partial charge on any atom is -0.311 e. The van der Waals surface area contributed by atoms with E-state index in [1.54, 1.807) is 0 Å². The van der Waals surface area contributed by atoms with Gasteiger partial charge in [0.25, 0.3) is 0 Å². The van der Waals surface area contributed by atoms with Gasteiger partial charge in [-0.25, -0.2) is 29.9 Å². The highest BCUT2D eigenvalue weighted by atomic mass is 15.3. The van der Waals surface area contributed by atoms with Crippen molar-refractivity contribution in [2.45, 2.75) is 60.8 Å². The highest BCUT2D eigenvalue weighted by molar-refractivity contribution is 5.68. The number of rotatable bonds is 17. The molecule has 6 rings (SSSR count). The van der Waals surface area contributed by atoms with Crippen LogP contribution in [0.4, 0.5) is 34.9 Å². The molecule has 0 aliphatic heterocycles. The lowest BCUT2D eigenvalue weighted by Gasteiger charge is -2.27. The number of nitrogens with zero attached hydrogens (tertiary/aromatic N) is 9. The van der Waals surface area contributed by atoms with Gasteiger partial charge in [-0.1, -0.05) is 97.2 Å². The third-order valence-corrected chi connectivity index (χ3v) is 9.99. The van der Waals surface area contributed by atoms with E-state index >= 15 is 0 Å². The van der Waals surface area contributed by atoms with Crippen LogP contribution in [0.1, 0.15) is 60.8 Å². The van der Waals surface area contributed by atoms with Crippen LogP contribution in [0.25, 0.3) is 22.8 Å². The van der Waals surface area contributed by atoms with Gasteiger partial charge in [0.1, 0.15) is 34.9 Å². The summed E-state index contributed by atoms with van der Waals surface area (Å²) in [5.41, 5.74) is 3.21. The van der Waals surface area contributed by atoms with Crippen LogP contribution in [0.3, 0.4) is 0 Å². The van der Waals surface area contributed by atoms with Gasteiger partial charge >= 0.3 is 0 Å². The molecule has 6 aromatic rings. The second kappa shape index (κ2) is 18.4. The Labute approximate surface area is 321 Å². The van der Waals surface area contributed by atoms with Gasteiger partial charge in [0, 0.05) is 32.0 Å². The van der Waals surface area contributed by atoms with Gasteiger partial charge in [-0.2, -0.15) is 0 Å². The van der Waals surface area contributed by atoms with E-state index in [0.717, 1.165) is 96.6 Å². The van der Waals surface area contributed by atoms with E-state index in [1.807, 2.05) is 73.1 Å². The van der Waals surface area contributed by atoms with E-state index in [0.29, 0.717) is 17.8 Å². The molecule has 0 aliphatic rings. The smallest absolute Gasteiger partial charge is 0.134 e. The van der Waals surface area contributed by atoms with E-state index in [1.165, 1.54) is 0 Å². The zero-order valence-corrected chi connectivity index (χ0v) is 32.5. The van der Waals surface area contributed by atoms with Gasteiger partial charge in [0.15, 0.2) is 0 Å². The van der Waals surface area contributed by atoms with Crippen LogP contribution in [0.2, 0.25) is 0 Å². The minimum atomic E-state index is 0.406. The molecule has 0 saturated carbocycles. The molecule has 278 valence electrons. The number of anilines is 6. The summed E-state index contributed by atoms with van der Waals surface area (Å²) in [5, 5.41) is 0. The Balaban J connectivity index is 1.34. The Morgan fingerprint density at radius 1 is 0.370 bits per heavy atom. The fourth-order valence-electron chi connectivity index (χ4n) is 6.13. The maximum atomic E-state index is 5.23. The first kappa shape index (κ1) is 38.0. The summed E-state index contributed by atoms with van der Waals surface area (Å²) in [7, 11) is 0. The van der Waals surface area contributed by atoms with E-state index in [9.17, 15) is 0 Å². The van der Waals surface area contributed by atoms with E-state index in [4.69, 9.17) is 19.9 Å². The van der Waals surface area contributed by atoms with Gasteiger partial charge in [0.2, 0.25) is 0 Å². The van der Waals surface area contributed by atoms with Crippen molar-refractivity contribution in [1.82, 2.24) is 29.9 Å². The van der Waals surface area contributed by atoms with Gasteiger partial charge in [0.05, 0.1) is 22.8 Å². The van der Waals surface area contributed by atoms with E-state index < -0.39 is 0 Å². The zero-order valence-electron chi connectivity index (χ0n) is 32.5. The summed E-state index contributed by atoms with van der Waals surface area (Å²) in [6.07, 6.45) is 6.83. The Hall–Kier alpha value is -5.70. The van der Waals surface area contributed by atoms with Gasteiger partial charge in [-0.3, -0.25) is 0 Å². The lowest BCUT2D eigenvalue weighted by atomic mass is 10.1. The van der Waals surface area contributed by atoms with Crippen LogP contribution in [-0.2, 0) is 0 Å². The predicted octanol–water partition coefficient (Wildman–Crippen LogP) is 10.9. The third-order valence-electron chi connectivity index (χ3n) is 9.99. The molecule has 0 N–H and O–H groups in total. The second-order valence-corrected chi connectivity index (χ2v) is 14.3. The minimum absolute atomic E-state index is 0.406. The number of aromatic nitrogens is 6. The van der Waals surface area contributed by atoms with Crippen molar-refractivity contribution in [1.29, 1.82) is 0 Å². The molecule has 6 heterocycles. The predicted molar refractivity (Wildman–Crippen MR) is 223 cm³/mol. The summed E-state index contributed by atoms with van der Waals surface area (Å²) in [6.45, 7) is 15.8. The first-order valence-electron chi connectivity index (χ1n) is 19.4. The van der Waals surface area contributed by atoms with Crippen molar-refractivity contribution in [2.75, 3.05) is 34.3 Å². The van der Waals surface area contributed by atoms with Crippen LogP contribution >= 0.6 is 0 Å². The standard InChI is InChI=1S/C45H53N9/c1-7-33(4)30-52(40-22-10-12-28-46-40)42-24-14-18-36(48-42)38-20-16-26-44(50-38)54(32-35(6)9-3)45-27-17-21-39(51-45)37-19-15-25-43(49-37)53(31-34(5)8-2)41-23-11-13-29-47-41/h10-29,33-35H,7-9,30-32H2,1-6H3/t33-,34-,35-/m0/s1. The Morgan fingerprint density at radius 2 is 0.648 bits per heavy atom. The molecule has 6 aromatic heterocycles. The lowest BCUT2D eigenvalue weighted by molar-refractivity contribution is 0.564. The fourth-order valence-corrected chi connectivity index (χ4v) is 6.13. The largest absolute Gasteiger partial charge is 0.311 e. The molecule has 9 heteroatoms. The summed E-state index contributed by atoms with van der Waals surface area (Å²) < 4.78 is 0. The monoisotopic (exact) mass is 719 g/mol. The molecule has 9 nitrogen and oxygen atoms in total. The average molecular weight is 720 g/mol. The molecule has 0 radical (unpaired) electrons. The Kier molecular flexibility index (Phi) is 12.9. The normalized spacial score (nSPS) is 12.9. The third kappa shape index (κ3) is 9.44. The van der Waals surface area contributed by atoms with Crippen molar-refractivity contribution in [2.24, 2.45) is 17.8 Å². The topological polar surface area (TPSA) is 87.1 Å². The van der Waals surface area contributed by atoms with Crippen LogP contribution < -0.4 is 14.7 Å². The van der Waals surface area contributed by atoms with Crippen LogP contribution in [0, 0.1) is 17.8 Å². The van der Waals surface area contributed by atoms with Crippen molar-refractivity contribution in [3.8, 4) is 22.8 Å². The lowest BCUT2D eigenvalue weighted by Crippen LogP contribution is -2.26. The van der Waals surface area contributed by atoms with E-state index in [-0.39, 0.29) is 0 Å². The van der Waals surface area contributed by atoms with Crippen LogP contribution in [0.15, 0.2) is 122 Å². The van der Waals surface area contributed by atoms with Gasteiger partial charge in [-0.05, 0) is 90.6 Å². The molecule has 0 unspecified atom stereocenters. The summed E-state index contributed by atoms with van der Waals surface area (Å²) >= 11 is 0. The molecular weight excluding hydrogens is 667 g/mol. The molecule has 0 spiro atoms. The molecular formula is C45H53N9. The highest BCUT2D eigenvalue weighted by Gasteiger charge is 2.20. The SMILES string of the molecule is CC[C@H](C)CN(c1ccccn1)c1cccc(-c2cccc(N(C[C@@H](C)CC)c3cccc(-c4cccc(N(C[C@@H](C)CC)c5ccccn5)n4)n3)n2)n1. The summed E-state index contributed by atoms with van der Waals surface area (Å²) in [5.74, 6) is 6.46. The highest BCUT2D eigenvalue weighted by Crippen LogP contribution is 2.32. The van der Waals surface area contributed by atoms with Crippen molar-refractivity contribution >= 4 is 34.9 Å². The van der Waals surface area contributed by atoms with Crippen LogP contribution in [-0.4, -0.2) is 49.5 Å². The summed E-state index contributed by atoms with van der Waals surface area (Å²) in [6, 6.07) is 36.6. The molecule has 0 saturated heterocycles. The fraction of sp³-hybridized carbons (Fsp3) is 0.333. The zero-order chi connectivity index (χ0) is 37.9. The number of pyridine rings is 6. The first-order chi connectivity index (χ1) is 26.4. The molecule has 54 heavy (non-hydrogen) atoms. The van der Waals surface area contributed by atoms with Gasteiger partial charge < -0.3 is 14.7 Å². The van der Waals surface area contributed by atoms with Crippen molar-refractivity contribution in [3.63, 3.8) is 0 Å². The quantitative estimate of drug-likeness (QED) is 0.0914. The van der Waals surface area contributed by atoms with Crippen LogP contribution in [0.5, 0.6) is 0 Å².